The summed E-state index contributed by atoms with van der Waals surface area (Å²) in [4.78, 5) is 13.1. The summed E-state index contributed by atoms with van der Waals surface area (Å²) in [5, 5.41) is 12.1. The van der Waals surface area contributed by atoms with Gasteiger partial charge in [-0.15, -0.1) is 0 Å². The van der Waals surface area contributed by atoms with Crippen molar-refractivity contribution in [3.63, 3.8) is 0 Å². The number of anilines is 1. The first-order valence-corrected chi connectivity index (χ1v) is 10.3. The number of carbonyl (C=O) groups is 1. The van der Waals surface area contributed by atoms with E-state index in [2.05, 4.69) is 15.5 Å². The van der Waals surface area contributed by atoms with Crippen LogP contribution in [0, 0.1) is 12.7 Å². The lowest BCUT2D eigenvalue weighted by Gasteiger charge is -2.12. The van der Waals surface area contributed by atoms with Crippen LogP contribution in [0.4, 0.5) is 10.1 Å². The molecule has 0 spiro atoms. The summed E-state index contributed by atoms with van der Waals surface area (Å²) in [7, 11) is 0. The van der Waals surface area contributed by atoms with Crippen molar-refractivity contribution in [2.75, 3.05) is 5.32 Å². The Kier molecular flexibility index (Phi) is 4.45. The number of nitrogens with one attached hydrogen (secondary N) is 1. The first-order chi connectivity index (χ1) is 14.1. The molecule has 1 aromatic carbocycles. The van der Waals surface area contributed by atoms with Crippen molar-refractivity contribution in [1.82, 2.24) is 19.6 Å². The zero-order valence-electron chi connectivity index (χ0n) is 16.5. The fraction of sp³-hybridized carbons (Fsp3) is 0.409. The minimum atomic E-state index is -0.287. The smallest absolute Gasteiger partial charge is 0.276 e. The fourth-order valence-corrected chi connectivity index (χ4v) is 4.66. The Morgan fingerprint density at radius 3 is 2.66 bits per heavy atom. The maximum Gasteiger partial charge on any atom is 0.276 e. The molecular formula is C22H24FN5O. The summed E-state index contributed by atoms with van der Waals surface area (Å²) in [5.41, 5.74) is 4.99. The molecule has 3 aromatic rings. The Hall–Kier alpha value is -2.96. The number of halogens is 1. The molecule has 2 heterocycles. The zero-order valence-corrected chi connectivity index (χ0v) is 16.5. The molecule has 0 saturated heterocycles. The van der Waals surface area contributed by atoms with Gasteiger partial charge in [0, 0.05) is 11.3 Å². The van der Waals surface area contributed by atoms with Crippen LogP contribution in [0.25, 0.3) is 5.69 Å². The molecule has 2 aliphatic carbocycles. The quantitative estimate of drug-likeness (QED) is 0.716. The second-order valence-corrected chi connectivity index (χ2v) is 8.00. The van der Waals surface area contributed by atoms with E-state index in [4.69, 9.17) is 0 Å². The van der Waals surface area contributed by atoms with Gasteiger partial charge in [0.05, 0.1) is 29.3 Å². The molecule has 0 aliphatic heterocycles. The Morgan fingerprint density at radius 1 is 1.14 bits per heavy atom. The van der Waals surface area contributed by atoms with Crippen molar-refractivity contribution in [3.8, 4) is 5.69 Å². The number of rotatable bonds is 4. The van der Waals surface area contributed by atoms with Crippen LogP contribution in [0.1, 0.15) is 65.6 Å². The van der Waals surface area contributed by atoms with Gasteiger partial charge in [-0.3, -0.25) is 9.48 Å². The Balaban J connectivity index is 1.43. The molecule has 1 saturated carbocycles. The minimum absolute atomic E-state index is 0.210. The third kappa shape index (κ3) is 3.14. The topological polar surface area (TPSA) is 64.7 Å². The predicted octanol–water partition coefficient (Wildman–Crippen LogP) is 4.37. The normalized spacial score (nSPS) is 16.3. The third-order valence-electron chi connectivity index (χ3n) is 6.18. The number of fused-ring (bicyclic) bond motifs is 1. The van der Waals surface area contributed by atoms with Crippen LogP contribution in [-0.4, -0.2) is 25.5 Å². The van der Waals surface area contributed by atoms with E-state index in [1.807, 2.05) is 11.6 Å². The molecule has 5 rings (SSSR count). The number of hydrogen-bond acceptors (Lipinski definition) is 3. The molecule has 6 nitrogen and oxygen atoms in total. The van der Waals surface area contributed by atoms with Gasteiger partial charge in [-0.05, 0) is 63.3 Å². The van der Waals surface area contributed by atoms with E-state index in [-0.39, 0.29) is 11.7 Å². The molecule has 0 bridgehead atoms. The average Bonchev–Trinajstić information content (AvgIpc) is 3.48. The van der Waals surface area contributed by atoms with Crippen LogP contribution >= 0.6 is 0 Å². The number of hydrogen-bond donors (Lipinski definition) is 1. The Bertz CT molecular complexity index is 1060. The van der Waals surface area contributed by atoms with Gasteiger partial charge >= 0.3 is 0 Å². The third-order valence-corrected chi connectivity index (χ3v) is 6.18. The van der Waals surface area contributed by atoms with E-state index in [0.29, 0.717) is 11.7 Å². The highest BCUT2D eigenvalue weighted by atomic mass is 19.1. The van der Waals surface area contributed by atoms with E-state index >= 15 is 0 Å². The van der Waals surface area contributed by atoms with Crippen LogP contribution in [0.15, 0.2) is 30.5 Å². The fourth-order valence-electron chi connectivity index (χ4n) is 4.66. The number of nitrogens with zero attached hydrogens (tertiary/aromatic N) is 4. The molecule has 1 fully saturated rings. The van der Waals surface area contributed by atoms with Crippen molar-refractivity contribution in [1.29, 1.82) is 0 Å². The van der Waals surface area contributed by atoms with Gasteiger partial charge in [0.1, 0.15) is 5.82 Å². The van der Waals surface area contributed by atoms with E-state index in [9.17, 15) is 9.18 Å². The van der Waals surface area contributed by atoms with Crippen molar-refractivity contribution in [2.24, 2.45) is 0 Å². The monoisotopic (exact) mass is 393 g/mol. The highest BCUT2D eigenvalue weighted by Crippen LogP contribution is 2.32. The maximum atomic E-state index is 13.3. The van der Waals surface area contributed by atoms with Crippen molar-refractivity contribution < 1.29 is 9.18 Å². The molecule has 1 N–H and O–H groups in total. The van der Waals surface area contributed by atoms with E-state index in [1.165, 1.54) is 25.0 Å². The predicted molar refractivity (Wildman–Crippen MR) is 108 cm³/mol. The lowest BCUT2D eigenvalue weighted by molar-refractivity contribution is 0.102. The van der Waals surface area contributed by atoms with Crippen LogP contribution in [0.5, 0.6) is 0 Å². The Labute approximate surface area is 168 Å². The molecule has 0 atom stereocenters. The molecule has 1 amide bonds. The average molecular weight is 393 g/mol. The minimum Gasteiger partial charge on any atom is -0.318 e. The summed E-state index contributed by atoms with van der Waals surface area (Å²) in [6, 6.07) is 6.65. The standard InChI is InChI=1S/C22H24FN5O/c1-14-19(13-24-27(14)16-5-2-3-6-16)25-22(29)21-18-7-4-8-20(18)28(26-21)17-11-9-15(23)10-12-17/h9-13,16H,2-8H2,1H3,(H,25,29). The molecule has 150 valence electrons. The molecule has 2 aromatic heterocycles. The van der Waals surface area contributed by atoms with Crippen LogP contribution in [0.2, 0.25) is 0 Å². The van der Waals surface area contributed by atoms with E-state index < -0.39 is 0 Å². The van der Waals surface area contributed by atoms with Crippen molar-refractivity contribution in [3.05, 3.63) is 58.9 Å². The molecule has 0 radical (unpaired) electrons. The van der Waals surface area contributed by atoms with Gasteiger partial charge in [-0.25, -0.2) is 9.07 Å². The first-order valence-electron chi connectivity index (χ1n) is 10.3. The number of aromatic nitrogens is 4. The highest BCUT2D eigenvalue weighted by Gasteiger charge is 2.28. The molecule has 7 heteroatoms. The lowest BCUT2D eigenvalue weighted by Crippen LogP contribution is -2.16. The van der Waals surface area contributed by atoms with E-state index in [0.717, 1.165) is 60.4 Å². The van der Waals surface area contributed by atoms with Crippen LogP contribution < -0.4 is 5.32 Å². The van der Waals surface area contributed by atoms with Gasteiger partial charge in [0.2, 0.25) is 0 Å². The SMILES string of the molecule is Cc1c(NC(=O)c2nn(-c3ccc(F)cc3)c3c2CCC3)cnn1C1CCCC1. The molecule has 0 unspecified atom stereocenters. The summed E-state index contributed by atoms with van der Waals surface area (Å²) >= 11 is 0. The number of benzene rings is 1. The lowest BCUT2D eigenvalue weighted by atomic mass is 10.2. The van der Waals surface area contributed by atoms with Gasteiger partial charge in [0.15, 0.2) is 5.69 Å². The first kappa shape index (κ1) is 18.1. The van der Waals surface area contributed by atoms with Crippen LogP contribution in [0.3, 0.4) is 0 Å². The largest absolute Gasteiger partial charge is 0.318 e. The highest BCUT2D eigenvalue weighted by molar-refractivity contribution is 6.04. The summed E-state index contributed by atoms with van der Waals surface area (Å²) < 4.78 is 17.1. The summed E-state index contributed by atoms with van der Waals surface area (Å²) in [6.45, 7) is 2.00. The van der Waals surface area contributed by atoms with Gasteiger partial charge in [-0.2, -0.15) is 10.2 Å². The number of amides is 1. The van der Waals surface area contributed by atoms with E-state index in [1.54, 1.807) is 23.0 Å². The van der Waals surface area contributed by atoms with Gasteiger partial charge in [-0.1, -0.05) is 12.8 Å². The molecule has 29 heavy (non-hydrogen) atoms. The molecular weight excluding hydrogens is 369 g/mol. The molecule has 2 aliphatic rings. The Morgan fingerprint density at radius 2 is 1.90 bits per heavy atom. The zero-order chi connectivity index (χ0) is 20.0. The van der Waals surface area contributed by atoms with Crippen LogP contribution in [-0.2, 0) is 12.8 Å². The van der Waals surface area contributed by atoms with Crippen molar-refractivity contribution >= 4 is 11.6 Å². The maximum absolute atomic E-state index is 13.3. The van der Waals surface area contributed by atoms with Gasteiger partial charge < -0.3 is 5.32 Å². The summed E-state index contributed by atoms with van der Waals surface area (Å²) in [6.07, 6.45) is 9.19. The second kappa shape index (κ2) is 7.13. The number of carbonyl (C=O) groups excluding carboxylic acids is 1. The van der Waals surface area contributed by atoms with Gasteiger partial charge in [0.25, 0.3) is 5.91 Å². The summed E-state index contributed by atoms with van der Waals surface area (Å²) in [5.74, 6) is -0.497. The van der Waals surface area contributed by atoms with Crippen molar-refractivity contribution in [2.45, 2.75) is 57.9 Å². The second-order valence-electron chi connectivity index (χ2n) is 8.00.